The number of halogens is 3. The summed E-state index contributed by atoms with van der Waals surface area (Å²) in [4.78, 5) is 18.3. The summed E-state index contributed by atoms with van der Waals surface area (Å²) >= 11 is 1.36. The number of rotatable bonds is 3. The van der Waals surface area contributed by atoms with Crippen LogP contribution in [0.5, 0.6) is 0 Å². The van der Waals surface area contributed by atoms with E-state index in [-0.39, 0.29) is 18.2 Å². The molecular formula is C26H31F3N2O2S. The van der Waals surface area contributed by atoms with E-state index < -0.39 is 17.3 Å². The van der Waals surface area contributed by atoms with Gasteiger partial charge < -0.3 is 9.64 Å². The molecule has 0 aliphatic carbocycles. The zero-order valence-corrected chi connectivity index (χ0v) is 21.0. The van der Waals surface area contributed by atoms with Crippen molar-refractivity contribution < 1.29 is 22.7 Å². The second-order valence-electron chi connectivity index (χ2n) is 10.2. The molecular weight excluding hydrogens is 461 g/mol. The SMILES string of the molecule is Cc1ccc(Sc2cc(C(F)(F)F)ccc2N2CC3CCC(C2)N3C(=O)OC(C)(C)C)c(C)c1. The molecule has 0 aromatic heterocycles. The first-order valence-electron chi connectivity index (χ1n) is 11.5. The van der Waals surface area contributed by atoms with Gasteiger partial charge in [-0.1, -0.05) is 29.5 Å². The number of hydrogen-bond donors (Lipinski definition) is 0. The second-order valence-corrected chi connectivity index (χ2v) is 11.3. The van der Waals surface area contributed by atoms with E-state index in [2.05, 4.69) is 4.90 Å². The lowest BCUT2D eigenvalue weighted by atomic mass is 10.1. The summed E-state index contributed by atoms with van der Waals surface area (Å²) in [6.07, 6.45) is -3.00. The van der Waals surface area contributed by atoms with E-state index in [4.69, 9.17) is 4.74 Å². The lowest BCUT2D eigenvalue weighted by Gasteiger charge is -2.42. The zero-order chi connectivity index (χ0) is 24.8. The van der Waals surface area contributed by atoms with Gasteiger partial charge in [-0.15, -0.1) is 0 Å². The van der Waals surface area contributed by atoms with Gasteiger partial charge in [0.15, 0.2) is 0 Å². The highest BCUT2D eigenvalue weighted by atomic mass is 32.2. The Morgan fingerprint density at radius 1 is 0.971 bits per heavy atom. The van der Waals surface area contributed by atoms with Crippen molar-refractivity contribution in [2.45, 2.75) is 81.1 Å². The molecule has 2 aromatic rings. The molecule has 8 heteroatoms. The average Bonchev–Trinajstić information content (AvgIpc) is 2.98. The third kappa shape index (κ3) is 5.32. The standard InChI is InChI=1S/C26H31F3N2O2S/c1-16-6-11-22(17(2)12-16)34-23-13-18(26(27,28)29)7-10-21(23)30-14-19-8-9-20(15-30)31(19)24(32)33-25(3,4)5/h6-7,10-13,19-20H,8-9,14-15H2,1-5H3. The molecule has 2 unspecified atom stereocenters. The molecule has 184 valence electrons. The Morgan fingerprint density at radius 3 is 2.18 bits per heavy atom. The van der Waals surface area contributed by atoms with Crippen LogP contribution in [0.3, 0.4) is 0 Å². The molecule has 2 saturated heterocycles. The van der Waals surface area contributed by atoms with E-state index in [1.54, 1.807) is 6.07 Å². The zero-order valence-electron chi connectivity index (χ0n) is 20.2. The topological polar surface area (TPSA) is 32.8 Å². The van der Waals surface area contributed by atoms with Crippen molar-refractivity contribution in [2.75, 3.05) is 18.0 Å². The average molecular weight is 493 g/mol. The summed E-state index contributed by atoms with van der Waals surface area (Å²) < 4.78 is 46.2. The van der Waals surface area contributed by atoms with Gasteiger partial charge in [-0.25, -0.2) is 4.79 Å². The largest absolute Gasteiger partial charge is 0.444 e. The molecule has 2 atom stereocenters. The van der Waals surface area contributed by atoms with E-state index in [1.165, 1.54) is 17.8 Å². The summed E-state index contributed by atoms with van der Waals surface area (Å²) in [6.45, 7) is 10.7. The van der Waals surface area contributed by atoms with E-state index in [1.807, 2.05) is 57.7 Å². The van der Waals surface area contributed by atoms with E-state index in [9.17, 15) is 18.0 Å². The number of piperazine rings is 1. The van der Waals surface area contributed by atoms with Crippen molar-refractivity contribution >= 4 is 23.5 Å². The van der Waals surface area contributed by atoms with Crippen LogP contribution in [0.25, 0.3) is 0 Å². The highest BCUT2D eigenvalue weighted by Gasteiger charge is 2.45. The molecule has 2 fully saturated rings. The molecule has 0 radical (unpaired) electrons. The molecule has 34 heavy (non-hydrogen) atoms. The predicted octanol–water partition coefficient (Wildman–Crippen LogP) is 7.06. The Balaban J connectivity index is 1.63. The Hall–Kier alpha value is -2.35. The number of alkyl halides is 3. The van der Waals surface area contributed by atoms with Crippen molar-refractivity contribution in [3.05, 3.63) is 53.1 Å². The molecule has 0 spiro atoms. The third-order valence-corrected chi connectivity index (χ3v) is 7.49. The van der Waals surface area contributed by atoms with Gasteiger partial charge in [-0.2, -0.15) is 13.2 Å². The molecule has 2 aliphatic rings. The molecule has 2 aliphatic heterocycles. The minimum Gasteiger partial charge on any atom is -0.444 e. The highest BCUT2D eigenvalue weighted by molar-refractivity contribution is 7.99. The van der Waals surface area contributed by atoms with Crippen molar-refractivity contribution in [3.8, 4) is 0 Å². The Labute approximate surface area is 203 Å². The molecule has 4 rings (SSSR count). The van der Waals surface area contributed by atoms with Gasteiger partial charge in [-0.3, -0.25) is 4.90 Å². The van der Waals surface area contributed by atoms with Crippen LogP contribution in [0.1, 0.15) is 50.3 Å². The summed E-state index contributed by atoms with van der Waals surface area (Å²) in [6, 6.07) is 9.92. The lowest BCUT2D eigenvalue weighted by molar-refractivity contribution is -0.137. The summed E-state index contributed by atoms with van der Waals surface area (Å²) in [5.41, 5.74) is 1.69. The molecule has 0 N–H and O–H groups in total. The van der Waals surface area contributed by atoms with Gasteiger partial charge in [0.2, 0.25) is 0 Å². The Bertz CT molecular complexity index is 1070. The Kier molecular flexibility index (Phi) is 6.57. The normalized spacial score (nSPS) is 20.6. The molecule has 2 heterocycles. The monoisotopic (exact) mass is 492 g/mol. The number of carbonyl (C=O) groups excluding carboxylic acids is 1. The minimum atomic E-state index is -4.41. The maximum absolute atomic E-state index is 13.5. The van der Waals surface area contributed by atoms with Crippen LogP contribution < -0.4 is 4.90 Å². The fourth-order valence-corrected chi connectivity index (χ4v) is 5.86. The van der Waals surface area contributed by atoms with Crippen LogP contribution in [0.15, 0.2) is 46.2 Å². The fraction of sp³-hybridized carbons (Fsp3) is 0.500. The van der Waals surface area contributed by atoms with E-state index in [0.29, 0.717) is 18.0 Å². The van der Waals surface area contributed by atoms with Crippen LogP contribution in [0.4, 0.5) is 23.7 Å². The van der Waals surface area contributed by atoms with Crippen LogP contribution in [-0.2, 0) is 10.9 Å². The van der Waals surface area contributed by atoms with Gasteiger partial charge in [0, 0.05) is 22.9 Å². The first kappa shape index (κ1) is 24.8. The summed E-state index contributed by atoms with van der Waals surface area (Å²) in [5, 5.41) is 0. The second kappa shape index (κ2) is 9.02. The van der Waals surface area contributed by atoms with Gasteiger partial charge in [0.25, 0.3) is 0 Å². The number of nitrogens with zero attached hydrogens (tertiary/aromatic N) is 2. The maximum atomic E-state index is 13.5. The minimum absolute atomic E-state index is 0.0187. The first-order valence-corrected chi connectivity index (χ1v) is 12.4. The predicted molar refractivity (Wildman–Crippen MR) is 129 cm³/mol. The van der Waals surface area contributed by atoms with Crippen LogP contribution in [-0.4, -0.2) is 41.8 Å². The molecule has 2 aromatic carbocycles. The number of benzene rings is 2. The van der Waals surface area contributed by atoms with Gasteiger partial charge in [-0.05, 0) is 77.3 Å². The number of ether oxygens (including phenoxy) is 1. The first-order chi connectivity index (χ1) is 15.8. The third-order valence-electron chi connectivity index (χ3n) is 6.26. The summed E-state index contributed by atoms with van der Waals surface area (Å²) in [7, 11) is 0. The summed E-state index contributed by atoms with van der Waals surface area (Å²) in [5.74, 6) is 0. The molecule has 1 amide bonds. The number of carbonyl (C=O) groups is 1. The van der Waals surface area contributed by atoms with Gasteiger partial charge in [0.1, 0.15) is 5.60 Å². The van der Waals surface area contributed by atoms with Crippen molar-refractivity contribution in [3.63, 3.8) is 0 Å². The van der Waals surface area contributed by atoms with Crippen LogP contribution in [0, 0.1) is 13.8 Å². The number of anilines is 1. The number of amides is 1. The maximum Gasteiger partial charge on any atom is 0.416 e. The van der Waals surface area contributed by atoms with Gasteiger partial charge in [0.05, 0.1) is 23.3 Å². The van der Waals surface area contributed by atoms with Crippen LogP contribution >= 0.6 is 11.8 Å². The molecule has 0 saturated carbocycles. The quantitative estimate of drug-likeness (QED) is 0.459. The lowest BCUT2D eigenvalue weighted by Crippen LogP contribution is -2.56. The van der Waals surface area contributed by atoms with Crippen molar-refractivity contribution in [1.29, 1.82) is 0 Å². The molecule has 4 nitrogen and oxygen atoms in total. The number of aryl methyl sites for hydroxylation is 2. The van der Waals surface area contributed by atoms with Gasteiger partial charge >= 0.3 is 12.3 Å². The van der Waals surface area contributed by atoms with Crippen molar-refractivity contribution in [1.82, 2.24) is 4.90 Å². The number of fused-ring (bicyclic) bond motifs is 2. The van der Waals surface area contributed by atoms with E-state index in [0.717, 1.165) is 40.6 Å². The molecule has 2 bridgehead atoms. The smallest absolute Gasteiger partial charge is 0.416 e. The fourth-order valence-electron chi connectivity index (χ4n) is 4.78. The van der Waals surface area contributed by atoms with E-state index >= 15 is 0 Å². The van der Waals surface area contributed by atoms with Crippen molar-refractivity contribution in [2.24, 2.45) is 0 Å². The van der Waals surface area contributed by atoms with Crippen LogP contribution in [0.2, 0.25) is 0 Å². The Morgan fingerprint density at radius 2 is 1.62 bits per heavy atom. The highest BCUT2D eigenvalue weighted by Crippen LogP contribution is 2.43. The number of hydrogen-bond acceptors (Lipinski definition) is 4.